The van der Waals surface area contributed by atoms with Crippen molar-refractivity contribution in [2.75, 3.05) is 7.11 Å². The van der Waals surface area contributed by atoms with E-state index >= 15 is 0 Å². The van der Waals surface area contributed by atoms with E-state index in [0.29, 0.717) is 11.3 Å². The molecule has 2 aromatic rings. The zero-order valence-corrected chi connectivity index (χ0v) is 17.8. The molecule has 0 atom stereocenters. The molecule has 0 fully saturated rings. The molecule has 0 aliphatic carbocycles. The monoisotopic (exact) mass is 382 g/mol. The van der Waals surface area contributed by atoms with E-state index < -0.39 is 0 Å². The van der Waals surface area contributed by atoms with Gasteiger partial charge >= 0.3 is 0 Å². The molecule has 0 aliphatic rings. The van der Waals surface area contributed by atoms with Gasteiger partial charge in [-0.2, -0.15) is 0 Å². The van der Waals surface area contributed by atoms with E-state index in [9.17, 15) is 4.79 Å². The highest BCUT2D eigenvalue weighted by molar-refractivity contribution is 6.07. The van der Waals surface area contributed by atoms with Gasteiger partial charge in [0.05, 0.1) is 7.11 Å². The second-order valence-corrected chi connectivity index (χ2v) is 8.55. The van der Waals surface area contributed by atoms with E-state index in [1.54, 1.807) is 43.5 Å². The van der Waals surface area contributed by atoms with Gasteiger partial charge in [0.1, 0.15) is 28.5 Å². The molecule has 4 nitrogen and oxygen atoms in total. The SMILES string of the molecule is COc1ccc(C(=O)C=Cc2ccc(OC(C)(C)C)cc2OC(C)(C)C)cc1. The Labute approximate surface area is 168 Å². The predicted molar refractivity (Wildman–Crippen MR) is 114 cm³/mol. The van der Waals surface area contributed by atoms with Gasteiger partial charge < -0.3 is 14.2 Å². The molecule has 0 radical (unpaired) electrons. The van der Waals surface area contributed by atoms with Gasteiger partial charge in [0.25, 0.3) is 0 Å². The second-order valence-electron chi connectivity index (χ2n) is 8.55. The van der Waals surface area contributed by atoms with E-state index in [4.69, 9.17) is 14.2 Å². The average molecular weight is 383 g/mol. The van der Waals surface area contributed by atoms with Crippen molar-refractivity contribution >= 4 is 11.9 Å². The molecular weight excluding hydrogens is 352 g/mol. The predicted octanol–water partition coefficient (Wildman–Crippen LogP) is 5.95. The first-order valence-electron chi connectivity index (χ1n) is 9.35. The van der Waals surface area contributed by atoms with Crippen molar-refractivity contribution in [1.29, 1.82) is 0 Å². The molecule has 2 rings (SSSR count). The third-order valence-electron chi connectivity index (χ3n) is 3.61. The van der Waals surface area contributed by atoms with Crippen LogP contribution < -0.4 is 14.2 Å². The summed E-state index contributed by atoms with van der Waals surface area (Å²) in [7, 11) is 1.60. The Morgan fingerprint density at radius 1 is 0.821 bits per heavy atom. The molecule has 0 aliphatic heterocycles. The molecule has 28 heavy (non-hydrogen) atoms. The van der Waals surface area contributed by atoms with Crippen LogP contribution in [0.2, 0.25) is 0 Å². The molecule has 0 heterocycles. The Hall–Kier alpha value is -2.75. The molecule has 0 saturated carbocycles. The van der Waals surface area contributed by atoms with Crippen molar-refractivity contribution in [3.05, 3.63) is 59.7 Å². The minimum Gasteiger partial charge on any atom is -0.497 e. The lowest BCUT2D eigenvalue weighted by atomic mass is 10.1. The summed E-state index contributed by atoms with van der Waals surface area (Å²) in [6, 6.07) is 12.7. The van der Waals surface area contributed by atoms with Crippen LogP contribution in [0.3, 0.4) is 0 Å². The number of carbonyl (C=O) groups excluding carboxylic acids is 1. The van der Waals surface area contributed by atoms with Gasteiger partial charge in [0.2, 0.25) is 0 Å². The highest BCUT2D eigenvalue weighted by Crippen LogP contribution is 2.31. The number of benzene rings is 2. The summed E-state index contributed by atoms with van der Waals surface area (Å²) in [6.07, 6.45) is 3.32. The van der Waals surface area contributed by atoms with Crippen LogP contribution in [0.15, 0.2) is 48.5 Å². The van der Waals surface area contributed by atoms with Crippen molar-refractivity contribution in [1.82, 2.24) is 0 Å². The number of ketones is 1. The third-order valence-corrected chi connectivity index (χ3v) is 3.61. The molecular formula is C24H30O4. The van der Waals surface area contributed by atoms with Crippen LogP contribution in [0.5, 0.6) is 17.2 Å². The minimum atomic E-state index is -0.372. The quantitative estimate of drug-likeness (QED) is 0.458. The molecule has 0 amide bonds. The smallest absolute Gasteiger partial charge is 0.185 e. The van der Waals surface area contributed by atoms with Crippen LogP contribution >= 0.6 is 0 Å². The lowest BCUT2D eigenvalue weighted by Crippen LogP contribution is -2.24. The molecule has 0 N–H and O–H groups in total. The number of hydrogen-bond donors (Lipinski definition) is 0. The fourth-order valence-corrected chi connectivity index (χ4v) is 2.50. The molecule has 0 saturated heterocycles. The Morgan fingerprint density at radius 3 is 1.93 bits per heavy atom. The topological polar surface area (TPSA) is 44.8 Å². The van der Waals surface area contributed by atoms with Crippen LogP contribution in [-0.2, 0) is 0 Å². The van der Waals surface area contributed by atoms with Crippen LogP contribution in [0, 0.1) is 0 Å². The number of hydrogen-bond acceptors (Lipinski definition) is 4. The van der Waals surface area contributed by atoms with Crippen LogP contribution in [0.1, 0.15) is 57.5 Å². The average Bonchev–Trinajstić information content (AvgIpc) is 2.58. The van der Waals surface area contributed by atoms with Gasteiger partial charge in [0.15, 0.2) is 5.78 Å². The molecule has 2 aromatic carbocycles. The second kappa shape index (κ2) is 8.51. The van der Waals surface area contributed by atoms with E-state index in [-0.39, 0.29) is 17.0 Å². The van der Waals surface area contributed by atoms with Crippen LogP contribution in [0.25, 0.3) is 6.08 Å². The van der Waals surface area contributed by atoms with Gasteiger partial charge in [-0.1, -0.05) is 0 Å². The number of allylic oxidation sites excluding steroid dienone is 1. The van der Waals surface area contributed by atoms with Gasteiger partial charge in [0, 0.05) is 17.2 Å². The Bertz CT molecular complexity index is 834. The van der Waals surface area contributed by atoms with Crippen molar-refractivity contribution in [3.63, 3.8) is 0 Å². The minimum absolute atomic E-state index is 0.0839. The van der Waals surface area contributed by atoms with Crippen LogP contribution in [-0.4, -0.2) is 24.1 Å². The molecule has 0 spiro atoms. The number of methoxy groups -OCH3 is 1. The standard InChI is InChI=1S/C24H30O4/c1-23(2,3)27-20-14-10-18(22(16-20)28-24(4,5)6)11-15-21(25)17-8-12-19(26-7)13-9-17/h8-16H,1-7H3. The van der Waals surface area contributed by atoms with Gasteiger partial charge in [-0.3, -0.25) is 4.79 Å². The van der Waals surface area contributed by atoms with Crippen molar-refractivity contribution in [2.24, 2.45) is 0 Å². The Kier molecular flexibility index (Phi) is 6.55. The molecule has 0 aromatic heterocycles. The highest BCUT2D eigenvalue weighted by Gasteiger charge is 2.17. The first-order chi connectivity index (χ1) is 13.0. The van der Waals surface area contributed by atoms with Crippen molar-refractivity contribution in [3.8, 4) is 17.2 Å². The fraction of sp³-hybridized carbons (Fsp3) is 0.375. The van der Waals surface area contributed by atoms with Crippen LogP contribution in [0.4, 0.5) is 0 Å². The third kappa shape index (κ3) is 6.76. The largest absolute Gasteiger partial charge is 0.497 e. The lowest BCUT2D eigenvalue weighted by molar-refractivity contribution is 0.104. The van der Waals surface area contributed by atoms with E-state index in [1.807, 2.05) is 59.7 Å². The van der Waals surface area contributed by atoms with E-state index in [2.05, 4.69) is 0 Å². The zero-order valence-electron chi connectivity index (χ0n) is 17.8. The van der Waals surface area contributed by atoms with E-state index in [1.165, 1.54) is 0 Å². The van der Waals surface area contributed by atoms with Gasteiger partial charge in [-0.15, -0.1) is 0 Å². The summed E-state index contributed by atoms with van der Waals surface area (Å²) < 4.78 is 17.2. The number of rotatable bonds is 6. The summed E-state index contributed by atoms with van der Waals surface area (Å²) in [4.78, 5) is 12.5. The highest BCUT2D eigenvalue weighted by atomic mass is 16.5. The Balaban J connectivity index is 2.28. The molecule has 0 bridgehead atoms. The first-order valence-corrected chi connectivity index (χ1v) is 9.35. The summed E-state index contributed by atoms with van der Waals surface area (Å²) in [5.74, 6) is 2.04. The normalized spacial score (nSPS) is 12.1. The van der Waals surface area contributed by atoms with Gasteiger partial charge in [-0.05, 0) is 90.1 Å². The maximum Gasteiger partial charge on any atom is 0.185 e. The molecule has 150 valence electrons. The summed E-state index contributed by atoms with van der Waals surface area (Å²) >= 11 is 0. The number of carbonyl (C=O) groups is 1. The lowest BCUT2D eigenvalue weighted by Gasteiger charge is -2.25. The van der Waals surface area contributed by atoms with Gasteiger partial charge in [-0.25, -0.2) is 0 Å². The fourth-order valence-electron chi connectivity index (χ4n) is 2.50. The summed E-state index contributed by atoms with van der Waals surface area (Å²) in [6.45, 7) is 12.0. The van der Waals surface area contributed by atoms with E-state index in [0.717, 1.165) is 17.1 Å². The maximum atomic E-state index is 12.5. The van der Waals surface area contributed by atoms with Crippen molar-refractivity contribution in [2.45, 2.75) is 52.7 Å². The van der Waals surface area contributed by atoms with Crippen molar-refractivity contribution < 1.29 is 19.0 Å². The zero-order chi connectivity index (χ0) is 20.9. The molecule has 0 unspecified atom stereocenters. The first kappa shape index (κ1) is 21.5. The number of ether oxygens (including phenoxy) is 3. The molecule has 4 heteroatoms. The summed E-state index contributed by atoms with van der Waals surface area (Å²) in [5, 5.41) is 0. The Morgan fingerprint density at radius 2 is 1.39 bits per heavy atom. The maximum absolute atomic E-state index is 12.5. The summed E-state index contributed by atoms with van der Waals surface area (Å²) in [5.41, 5.74) is 0.741.